The van der Waals surface area contributed by atoms with E-state index in [1.54, 1.807) is 12.1 Å². The van der Waals surface area contributed by atoms with Crippen LogP contribution in [-0.2, 0) is 0 Å². The van der Waals surface area contributed by atoms with Gasteiger partial charge in [0.1, 0.15) is 5.82 Å². The van der Waals surface area contributed by atoms with Crippen molar-refractivity contribution in [1.82, 2.24) is 0 Å². The minimum absolute atomic E-state index is 0.102. The number of hydrogen-bond acceptors (Lipinski definition) is 2. The molecule has 2 aromatic carbocycles. The van der Waals surface area contributed by atoms with E-state index < -0.39 is 0 Å². The lowest BCUT2D eigenvalue weighted by atomic mass is 10.1. The molecule has 2 N–H and O–H groups in total. The van der Waals surface area contributed by atoms with E-state index in [1.807, 2.05) is 31.2 Å². The Hall–Kier alpha value is -1.39. The van der Waals surface area contributed by atoms with Gasteiger partial charge in [-0.2, -0.15) is 0 Å². The first-order valence-electron chi connectivity index (χ1n) is 5.99. The first-order chi connectivity index (χ1) is 9.10. The van der Waals surface area contributed by atoms with Gasteiger partial charge in [0.25, 0.3) is 0 Å². The van der Waals surface area contributed by atoms with Crippen LogP contribution in [0.3, 0.4) is 0 Å². The lowest BCUT2D eigenvalue weighted by Gasteiger charge is -2.18. The second kappa shape index (κ2) is 6.17. The molecule has 2 aromatic rings. The Kier molecular flexibility index (Phi) is 4.56. The van der Waals surface area contributed by atoms with E-state index in [1.165, 1.54) is 6.07 Å². The number of nitrogens with one attached hydrogen (secondary N) is 1. The zero-order chi connectivity index (χ0) is 13.8. The standard InChI is InChI=1S/C15H15BrFNO/c1-10-3-2-4-12(7-10)18-15(9-19)11-5-6-13(16)14(17)8-11/h2-8,15,18-19H,9H2,1H3. The van der Waals surface area contributed by atoms with Crippen LogP contribution in [0.1, 0.15) is 17.2 Å². The average molecular weight is 324 g/mol. The number of benzene rings is 2. The Balaban J connectivity index is 2.22. The van der Waals surface area contributed by atoms with Crippen molar-refractivity contribution >= 4 is 21.6 Å². The molecule has 0 aromatic heterocycles. The summed E-state index contributed by atoms with van der Waals surface area (Å²) < 4.78 is 13.9. The van der Waals surface area contributed by atoms with Crippen molar-refractivity contribution in [2.45, 2.75) is 13.0 Å². The minimum atomic E-state index is -0.331. The van der Waals surface area contributed by atoms with Crippen molar-refractivity contribution in [3.63, 3.8) is 0 Å². The van der Waals surface area contributed by atoms with Crippen molar-refractivity contribution in [3.8, 4) is 0 Å². The fraction of sp³-hybridized carbons (Fsp3) is 0.200. The fourth-order valence-electron chi connectivity index (χ4n) is 1.90. The van der Waals surface area contributed by atoms with Gasteiger partial charge >= 0.3 is 0 Å². The highest BCUT2D eigenvalue weighted by Gasteiger charge is 2.12. The Morgan fingerprint density at radius 2 is 2.05 bits per heavy atom. The molecule has 0 radical (unpaired) electrons. The molecule has 0 saturated carbocycles. The predicted octanol–water partition coefficient (Wildman–Crippen LogP) is 4.04. The topological polar surface area (TPSA) is 32.3 Å². The normalized spacial score (nSPS) is 12.2. The van der Waals surface area contributed by atoms with Crippen molar-refractivity contribution < 1.29 is 9.50 Å². The van der Waals surface area contributed by atoms with E-state index in [9.17, 15) is 9.50 Å². The van der Waals surface area contributed by atoms with Crippen molar-refractivity contribution in [3.05, 3.63) is 63.9 Å². The molecule has 0 heterocycles. The first kappa shape index (κ1) is 14.0. The molecule has 0 amide bonds. The van der Waals surface area contributed by atoms with E-state index in [2.05, 4.69) is 21.2 Å². The summed E-state index contributed by atoms with van der Waals surface area (Å²) in [5, 5.41) is 12.7. The molecule has 0 spiro atoms. The Morgan fingerprint density at radius 1 is 1.26 bits per heavy atom. The monoisotopic (exact) mass is 323 g/mol. The largest absolute Gasteiger partial charge is 0.394 e. The van der Waals surface area contributed by atoms with Crippen LogP contribution in [0.25, 0.3) is 0 Å². The van der Waals surface area contributed by atoms with E-state index >= 15 is 0 Å². The smallest absolute Gasteiger partial charge is 0.137 e. The third-order valence-electron chi connectivity index (χ3n) is 2.89. The summed E-state index contributed by atoms with van der Waals surface area (Å²) >= 11 is 3.12. The highest BCUT2D eigenvalue weighted by atomic mass is 79.9. The third-order valence-corrected chi connectivity index (χ3v) is 3.53. The fourth-order valence-corrected chi connectivity index (χ4v) is 2.15. The van der Waals surface area contributed by atoms with Gasteiger partial charge in [0.2, 0.25) is 0 Å². The molecular formula is C15H15BrFNO. The molecule has 4 heteroatoms. The van der Waals surface area contributed by atoms with E-state index in [-0.39, 0.29) is 18.5 Å². The Bertz CT molecular complexity index is 574. The first-order valence-corrected chi connectivity index (χ1v) is 6.78. The zero-order valence-electron chi connectivity index (χ0n) is 10.5. The van der Waals surface area contributed by atoms with E-state index in [4.69, 9.17) is 0 Å². The predicted molar refractivity (Wildman–Crippen MR) is 78.7 cm³/mol. The number of anilines is 1. The van der Waals surface area contributed by atoms with Crippen LogP contribution in [0, 0.1) is 12.7 Å². The molecular weight excluding hydrogens is 309 g/mol. The molecule has 2 rings (SSSR count). The van der Waals surface area contributed by atoms with Crippen molar-refractivity contribution in [2.75, 3.05) is 11.9 Å². The molecule has 0 bridgehead atoms. The minimum Gasteiger partial charge on any atom is -0.394 e. The summed E-state index contributed by atoms with van der Waals surface area (Å²) in [6, 6.07) is 12.4. The van der Waals surface area contributed by atoms with Gasteiger partial charge in [-0.15, -0.1) is 0 Å². The van der Waals surface area contributed by atoms with Crippen LogP contribution in [0.15, 0.2) is 46.9 Å². The molecule has 2 nitrogen and oxygen atoms in total. The summed E-state index contributed by atoms with van der Waals surface area (Å²) in [5.74, 6) is -0.331. The number of hydrogen-bond donors (Lipinski definition) is 2. The van der Waals surface area contributed by atoms with Crippen LogP contribution in [-0.4, -0.2) is 11.7 Å². The van der Waals surface area contributed by atoms with Gasteiger partial charge in [0.15, 0.2) is 0 Å². The van der Waals surface area contributed by atoms with E-state index in [0.29, 0.717) is 10.0 Å². The Labute approximate surface area is 120 Å². The number of aliphatic hydroxyl groups excluding tert-OH is 1. The lowest BCUT2D eigenvalue weighted by molar-refractivity contribution is 0.276. The van der Waals surface area contributed by atoms with Gasteiger partial charge < -0.3 is 10.4 Å². The highest BCUT2D eigenvalue weighted by molar-refractivity contribution is 9.10. The molecule has 0 aliphatic heterocycles. The highest BCUT2D eigenvalue weighted by Crippen LogP contribution is 2.24. The summed E-state index contributed by atoms with van der Waals surface area (Å²) in [4.78, 5) is 0. The molecule has 1 atom stereocenters. The van der Waals surface area contributed by atoms with Crippen molar-refractivity contribution in [1.29, 1.82) is 0 Å². The van der Waals surface area contributed by atoms with Crippen LogP contribution in [0.5, 0.6) is 0 Å². The lowest BCUT2D eigenvalue weighted by Crippen LogP contribution is -2.15. The maximum absolute atomic E-state index is 13.5. The average Bonchev–Trinajstić information content (AvgIpc) is 2.39. The molecule has 0 aliphatic carbocycles. The Morgan fingerprint density at radius 3 is 2.68 bits per heavy atom. The number of aryl methyl sites for hydroxylation is 1. The van der Waals surface area contributed by atoms with E-state index in [0.717, 1.165) is 11.3 Å². The molecule has 0 aliphatic rings. The van der Waals surface area contributed by atoms with Gasteiger partial charge in [-0.1, -0.05) is 18.2 Å². The van der Waals surface area contributed by atoms with Crippen LogP contribution in [0.2, 0.25) is 0 Å². The van der Waals surface area contributed by atoms with Gasteiger partial charge in [-0.3, -0.25) is 0 Å². The number of halogens is 2. The van der Waals surface area contributed by atoms with Crippen LogP contribution < -0.4 is 5.32 Å². The van der Waals surface area contributed by atoms with Gasteiger partial charge in [0, 0.05) is 5.69 Å². The third kappa shape index (κ3) is 3.55. The van der Waals surface area contributed by atoms with Crippen LogP contribution in [0.4, 0.5) is 10.1 Å². The molecule has 19 heavy (non-hydrogen) atoms. The van der Waals surface area contributed by atoms with Crippen molar-refractivity contribution in [2.24, 2.45) is 0 Å². The molecule has 0 saturated heterocycles. The van der Waals surface area contributed by atoms with Gasteiger partial charge in [-0.05, 0) is 58.2 Å². The molecule has 0 fully saturated rings. The summed E-state index contributed by atoms with van der Waals surface area (Å²) in [6.07, 6.45) is 0. The maximum Gasteiger partial charge on any atom is 0.137 e. The van der Waals surface area contributed by atoms with Gasteiger partial charge in [-0.25, -0.2) is 4.39 Å². The summed E-state index contributed by atoms with van der Waals surface area (Å²) in [7, 11) is 0. The SMILES string of the molecule is Cc1cccc(NC(CO)c2ccc(Br)c(F)c2)c1. The summed E-state index contributed by atoms with van der Waals surface area (Å²) in [5.41, 5.74) is 2.75. The second-order valence-corrected chi connectivity index (χ2v) is 5.28. The molecule has 1 unspecified atom stereocenters. The number of rotatable bonds is 4. The zero-order valence-corrected chi connectivity index (χ0v) is 12.1. The number of aliphatic hydroxyl groups is 1. The van der Waals surface area contributed by atoms with Gasteiger partial charge in [0.05, 0.1) is 17.1 Å². The summed E-state index contributed by atoms with van der Waals surface area (Å²) in [6.45, 7) is 1.90. The second-order valence-electron chi connectivity index (χ2n) is 4.42. The maximum atomic E-state index is 13.5. The quantitative estimate of drug-likeness (QED) is 0.889. The van der Waals surface area contributed by atoms with Crippen LogP contribution >= 0.6 is 15.9 Å². The molecule has 100 valence electrons.